The first-order valence-corrected chi connectivity index (χ1v) is 18.9. The molecule has 4 nitrogen and oxygen atoms in total. The summed E-state index contributed by atoms with van der Waals surface area (Å²) in [6.07, 6.45) is 11.3. The summed E-state index contributed by atoms with van der Waals surface area (Å²) >= 11 is 0. The maximum atomic E-state index is 6.53. The highest BCUT2D eigenvalue weighted by molar-refractivity contribution is 6.12. The van der Waals surface area contributed by atoms with Crippen molar-refractivity contribution in [1.82, 2.24) is 15.0 Å². The van der Waals surface area contributed by atoms with Crippen LogP contribution in [0.25, 0.3) is 94.8 Å². The Bertz CT molecular complexity index is 2960. The number of allylic oxidation sites excluding steroid dienone is 6. The highest BCUT2D eigenvalue weighted by Gasteiger charge is 2.18. The number of furan rings is 1. The van der Waals surface area contributed by atoms with E-state index in [0.717, 1.165) is 56.2 Å². The number of hydrogen-bond donors (Lipinski definition) is 0. The Kier molecular flexibility index (Phi) is 8.54. The largest absolute Gasteiger partial charge is 0.456 e. The van der Waals surface area contributed by atoms with E-state index < -0.39 is 0 Å². The zero-order valence-electron chi connectivity index (χ0n) is 30.5. The summed E-state index contributed by atoms with van der Waals surface area (Å²) in [6.45, 7) is 0. The van der Waals surface area contributed by atoms with Crippen LogP contribution in [0.1, 0.15) is 12.2 Å². The van der Waals surface area contributed by atoms with E-state index in [1.54, 1.807) is 0 Å². The molecule has 0 saturated carbocycles. The number of aromatic nitrogens is 3. The molecule has 0 bridgehead atoms. The third-order valence-corrected chi connectivity index (χ3v) is 10.4. The van der Waals surface area contributed by atoms with E-state index in [0.29, 0.717) is 17.5 Å². The third kappa shape index (κ3) is 6.44. The van der Waals surface area contributed by atoms with Crippen molar-refractivity contribution in [3.63, 3.8) is 0 Å². The van der Waals surface area contributed by atoms with Gasteiger partial charge in [-0.3, -0.25) is 0 Å². The minimum atomic E-state index is 0.609. The van der Waals surface area contributed by atoms with Gasteiger partial charge in [-0.15, -0.1) is 0 Å². The highest BCUT2D eigenvalue weighted by Crippen LogP contribution is 2.38. The molecule has 7 aromatic carbocycles. The highest BCUT2D eigenvalue weighted by atomic mass is 16.3. The van der Waals surface area contributed by atoms with E-state index in [1.165, 1.54) is 33.4 Å². The predicted molar refractivity (Wildman–Crippen MR) is 231 cm³/mol. The van der Waals surface area contributed by atoms with Gasteiger partial charge in [0.05, 0.1) is 0 Å². The van der Waals surface area contributed by atoms with Gasteiger partial charge in [0.1, 0.15) is 11.2 Å². The molecule has 0 saturated heterocycles. The Morgan fingerprint density at radius 3 is 1.62 bits per heavy atom. The number of fused-ring (bicyclic) bond motifs is 3. The van der Waals surface area contributed by atoms with E-state index in [2.05, 4.69) is 152 Å². The SMILES string of the molecule is C1=CCC=CC(c2nc(-c3ccccc3)nc(-c3cccc4oc5cc(-c6ccc(-c7cccc(-c8ccc(-c9ccccc9)cc8)c7)cc6)ccc5c34)n2)=C1. The number of nitrogens with zero attached hydrogens (tertiary/aromatic N) is 3. The van der Waals surface area contributed by atoms with E-state index in [4.69, 9.17) is 19.4 Å². The number of rotatable bonds is 7. The molecule has 264 valence electrons. The molecule has 0 atom stereocenters. The fourth-order valence-corrected chi connectivity index (χ4v) is 7.48. The maximum absolute atomic E-state index is 6.53. The van der Waals surface area contributed by atoms with Crippen LogP contribution >= 0.6 is 0 Å². The second kappa shape index (κ2) is 14.4. The molecule has 2 aromatic heterocycles. The summed E-state index contributed by atoms with van der Waals surface area (Å²) in [5.41, 5.74) is 13.8. The lowest BCUT2D eigenvalue weighted by Gasteiger charge is -2.09. The van der Waals surface area contributed by atoms with Crippen LogP contribution in [0.3, 0.4) is 0 Å². The lowest BCUT2D eigenvalue weighted by atomic mass is 9.96. The van der Waals surface area contributed by atoms with Crippen molar-refractivity contribution in [2.24, 2.45) is 0 Å². The molecular weight excluding hydrogens is 683 g/mol. The van der Waals surface area contributed by atoms with Gasteiger partial charge in [0.2, 0.25) is 0 Å². The molecule has 0 amide bonds. The molecule has 1 aliphatic carbocycles. The monoisotopic (exact) mass is 717 g/mol. The summed E-state index contributed by atoms with van der Waals surface area (Å²) in [5, 5.41) is 2.00. The van der Waals surface area contributed by atoms with Crippen molar-refractivity contribution in [1.29, 1.82) is 0 Å². The topological polar surface area (TPSA) is 51.8 Å². The molecule has 10 rings (SSSR count). The molecule has 9 aromatic rings. The molecular formula is C52H35N3O. The third-order valence-electron chi connectivity index (χ3n) is 10.4. The fraction of sp³-hybridized carbons (Fsp3) is 0.0192. The predicted octanol–water partition coefficient (Wildman–Crippen LogP) is 13.7. The van der Waals surface area contributed by atoms with E-state index in [1.807, 2.05) is 48.5 Å². The van der Waals surface area contributed by atoms with Crippen molar-refractivity contribution in [2.45, 2.75) is 6.42 Å². The summed E-state index contributed by atoms with van der Waals surface area (Å²) in [7, 11) is 0. The van der Waals surface area contributed by atoms with Crippen LogP contribution in [-0.2, 0) is 0 Å². The van der Waals surface area contributed by atoms with Gasteiger partial charge in [-0.2, -0.15) is 0 Å². The molecule has 0 unspecified atom stereocenters. The first kappa shape index (κ1) is 33.2. The molecule has 0 N–H and O–H groups in total. The molecule has 0 spiro atoms. The van der Waals surface area contributed by atoms with Crippen LogP contribution in [0.2, 0.25) is 0 Å². The lowest BCUT2D eigenvalue weighted by Crippen LogP contribution is -2.02. The summed E-state index contributed by atoms with van der Waals surface area (Å²) in [6, 6.07) is 59.5. The van der Waals surface area contributed by atoms with Gasteiger partial charge in [0, 0.05) is 27.5 Å². The van der Waals surface area contributed by atoms with Crippen molar-refractivity contribution in [3.05, 3.63) is 206 Å². The van der Waals surface area contributed by atoms with Crippen LogP contribution in [0.4, 0.5) is 0 Å². The Hall–Kier alpha value is -7.43. The Balaban J connectivity index is 0.971. The zero-order valence-corrected chi connectivity index (χ0v) is 30.5. The van der Waals surface area contributed by atoms with Crippen molar-refractivity contribution in [2.75, 3.05) is 0 Å². The zero-order chi connectivity index (χ0) is 37.3. The molecule has 0 aliphatic heterocycles. The van der Waals surface area contributed by atoms with Crippen LogP contribution in [0.15, 0.2) is 205 Å². The Morgan fingerprint density at radius 1 is 0.393 bits per heavy atom. The molecule has 0 radical (unpaired) electrons. The quantitative estimate of drug-likeness (QED) is 0.165. The number of benzene rings is 7. The van der Waals surface area contributed by atoms with E-state index >= 15 is 0 Å². The van der Waals surface area contributed by atoms with Crippen LogP contribution in [0, 0.1) is 0 Å². The second-order valence-corrected chi connectivity index (χ2v) is 14.0. The van der Waals surface area contributed by atoms with Gasteiger partial charge in [0.25, 0.3) is 0 Å². The maximum Gasteiger partial charge on any atom is 0.164 e. The average molecular weight is 718 g/mol. The molecule has 2 heterocycles. The normalized spacial score (nSPS) is 12.5. The molecule has 56 heavy (non-hydrogen) atoms. The average Bonchev–Trinajstić information content (AvgIpc) is 3.43. The lowest BCUT2D eigenvalue weighted by molar-refractivity contribution is 0.669. The van der Waals surface area contributed by atoms with Gasteiger partial charge < -0.3 is 4.42 Å². The van der Waals surface area contributed by atoms with E-state index in [-0.39, 0.29) is 0 Å². The standard InChI is InChI=1S/C52H35N3O/c1-2-6-16-40(15-5-1)50-53-51(41-17-9-4-10-18-41)55-52(54-50)46-21-12-22-47-49(46)45-32-31-44(34-48(45)56-47)39-29-27-38(28-30-39)43-20-11-19-42(33-43)37-25-23-36(24-26-37)35-13-7-3-8-14-35/h1,3-34H,2H2. The minimum absolute atomic E-state index is 0.609. The van der Waals surface area contributed by atoms with Gasteiger partial charge in [-0.25, -0.2) is 15.0 Å². The van der Waals surface area contributed by atoms with Crippen molar-refractivity contribution in [3.8, 4) is 67.3 Å². The van der Waals surface area contributed by atoms with Crippen LogP contribution < -0.4 is 0 Å². The van der Waals surface area contributed by atoms with Crippen molar-refractivity contribution < 1.29 is 4.42 Å². The van der Waals surface area contributed by atoms with Crippen LogP contribution in [-0.4, -0.2) is 15.0 Å². The van der Waals surface area contributed by atoms with Gasteiger partial charge in [0.15, 0.2) is 17.5 Å². The first-order valence-electron chi connectivity index (χ1n) is 18.9. The summed E-state index contributed by atoms with van der Waals surface area (Å²) < 4.78 is 6.53. The van der Waals surface area contributed by atoms with Crippen molar-refractivity contribution >= 4 is 27.5 Å². The fourth-order valence-electron chi connectivity index (χ4n) is 7.48. The second-order valence-electron chi connectivity index (χ2n) is 14.0. The van der Waals surface area contributed by atoms with Gasteiger partial charge >= 0.3 is 0 Å². The molecule has 1 aliphatic rings. The van der Waals surface area contributed by atoms with E-state index in [9.17, 15) is 0 Å². The van der Waals surface area contributed by atoms with Gasteiger partial charge in [-0.05, 0) is 75.2 Å². The number of hydrogen-bond acceptors (Lipinski definition) is 4. The smallest absolute Gasteiger partial charge is 0.164 e. The van der Waals surface area contributed by atoms with Crippen LogP contribution in [0.5, 0.6) is 0 Å². The first-order chi connectivity index (χ1) is 27.7. The minimum Gasteiger partial charge on any atom is -0.456 e. The molecule has 0 fully saturated rings. The Morgan fingerprint density at radius 2 is 0.929 bits per heavy atom. The Labute approximate surface area is 325 Å². The summed E-state index contributed by atoms with van der Waals surface area (Å²) in [4.78, 5) is 15.0. The summed E-state index contributed by atoms with van der Waals surface area (Å²) in [5.74, 6) is 1.88. The van der Waals surface area contributed by atoms with Gasteiger partial charge in [-0.1, -0.05) is 176 Å². The molecule has 4 heteroatoms.